The zero-order valence-corrected chi connectivity index (χ0v) is 10.6. The highest BCUT2D eigenvalue weighted by Gasteiger charge is 2.27. The summed E-state index contributed by atoms with van der Waals surface area (Å²) in [6.07, 6.45) is 5.97. The molecule has 3 N–H and O–H groups in total. The van der Waals surface area contributed by atoms with Crippen LogP contribution in [0.2, 0.25) is 0 Å². The van der Waals surface area contributed by atoms with Gasteiger partial charge in [0.1, 0.15) is 0 Å². The molecule has 0 saturated heterocycles. The van der Waals surface area contributed by atoms with Crippen LogP contribution in [0.5, 0.6) is 0 Å². The first kappa shape index (κ1) is 10.4. The highest BCUT2D eigenvalue weighted by molar-refractivity contribution is 9.10. The lowest BCUT2D eigenvalue weighted by Crippen LogP contribution is -2.26. The van der Waals surface area contributed by atoms with E-state index < -0.39 is 0 Å². The Labute approximate surface area is 103 Å². The average molecular weight is 279 g/mol. The molecule has 2 aromatic rings. The first-order valence-corrected chi connectivity index (χ1v) is 6.57. The summed E-state index contributed by atoms with van der Waals surface area (Å²) in [6, 6.07) is 6.49. The van der Waals surface area contributed by atoms with Gasteiger partial charge in [-0.05, 0) is 42.5 Å². The maximum atomic E-state index is 6.33. The van der Waals surface area contributed by atoms with Crippen molar-refractivity contribution in [3.05, 3.63) is 34.4 Å². The summed E-state index contributed by atoms with van der Waals surface area (Å²) in [5.41, 5.74) is 8.76. The number of hydrogen-bond donors (Lipinski definition) is 2. The highest BCUT2D eigenvalue weighted by Crippen LogP contribution is 2.38. The number of fused-ring (bicyclic) bond motifs is 1. The predicted octanol–water partition coefficient (Wildman–Crippen LogP) is 3.73. The van der Waals surface area contributed by atoms with Crippen LogP contribution >= 0.6 is 15.9 Å². The summed E-state index contributed by atoms with van der Waals surface area (Å²) < 4.78 is 1.11. The van der Waals surface area contributed by atoms with Gasteiger partial charge in [0.15, 0.2) is 0 Å². The highest BCUT2D eigenvalue weighted by atomic mass is 79.9. The monoisotopic (exact) mass is 278 g/mol. The molecule has 1 aromatic heterocycles. The van der Waals surface area contributed by atoms with Gasteiger partial charge in [-0.1, -0.05) is 22.4 Å². The van der Waals surface area contributed by atoms with Gasteiger partial charge in [0.25, 0.3) is 0 Å². The Morgan fingerprint density at radius 2 is 2.19 bits per heavy atom. The van der Waals surface area contributed by atoms with Crippen LogP contribution in [0.15, 0.2) is 28.9 Å². The Morgan fingerprint density at radius 3 is 2.88 bits per heavy atom. The van der Waals surface area contributed by atoms with E-state index in [0.29, 0.717) is 5.92 Å². The van der Waals surface area contributed by atoms with Crippen LogP contribution in [0, 0.1) is 5.92 Å². The van der Waals surface area contributed by atoms with E-state index in [2.05, 4.69) is 45.3 Å². The minimum absolute atomic E-state index is 0.191. The Balaban J connectivity index is 2.05. The van der Waals surface area contributed by atoms with Gasteiger partial charge in [-0.2, -0.15) is 0 Å². The second kappa shape index (κ2) is 3.90. The average Bonchev–Trinajstić information content (AvgIpc) is 2.57. The largest absolute Gasteiger partial charge is 0.361 e. The molecule has 1 heterocycles. The fourth-order valence-corrected chi connectivity index (χ4v) is 2.80. The molecule has 16 heavy (non-hydrogen) atoms. The van der Waals surface area contributed by atoms with Gasteiger partial charge in [-0.25, -0.2) is 0 Å². The summed E-state index contributed by atoms with van der Waals surface area (Å²) in [6.45, 7) is 0. The number of halogens is 1. The molecule has 1 aliphatic rings. The minimum atomic E-state index is 0.191. The molecule has 0 unspecified atom stereocenters. The van der Waals surface area contributed by atoms with Crippen molar-refractivity contribution >= 4 is 26.8 Å². The van der Waals surface area contributed by atoms with Gasteiger partial charge in [-0.15, -0.1) is 0 Å². The van der Waals surface area contributed by atoms with E-state index in [4.69, 9.17) is 5.73 Å². The second-order valence-corrected chi connectivity index (χ2v) is 5.57. The lowest BCUT2D eigenvalue weighted by molar-refractivity contribution is 0.265. The molecule has 0 spiro atoms. The summed E-state index contributed by atoms with van der Waals surface area (Å²) in [5.74, 6) is 0.679. The van der Waals surface area contributed by atoms with Crippen molar-refractivity contribution in [3.8, 4) is 0 Å². The van der Waals surface area contributed by atoms with E-state index >= 15 is 0 Å². The standard InChI is InChI=1S/C13H15BrN2/c14-9-4-5-12-10(6-9)11(7-16-12)13(15)8-2-1-3-8/h4-8,13,16H,1-3,15H2/t13-/m0/s1. The molecule has 1 aliphatic carbocycles. The fraction of sp³-hybridized carbons (Fsp3) is 0.385. The number of rotatable bonds is 2. The quantitative estimate of drug-likeness (QED) is 0.864. The lowest BCUT2D eigenvalue weighted by atomic mass is 9.77. The van der Waals surface area contributed by atoms with Crippen LogP contribution in [0.1, 0.15) is 30.9 Å². The molecule has 0 aliphatic heterocycles. The molecule has 1 fully saturated rings. The van der Waals surface area contributed by atoms with Crippen molar-refractivity contribution in [2.45, 2.75) is 25.3 Å². The van der Waals surface area contributed by atoms with Crippen molar-refractivity contribution in [3.63, 3.8) is 0 Å². The molecular weight excluding hydrogens is 264 g/mol. The molecule has 2 nitrogen and oxygen atoms in total. The van der Waals surface area contributed by atoms with Gasteiger partial charge in [0, 0.05) is 27.6 Å². The smallest absolute Gasteiger partial charge is 0.0458 e. The molecule has 1 saturated carbocycles. The molecule has 84 valence electrons. The summed E-state index contributed by atoms with van der Waals surface area (Å²) >= 11 is 3.51. The van der Waals surface area contributed by atoms with E-state index in [1.54, 1.807) is 0 Å². The van der Waals surface area contributed by atoms with E-state index in [9.17, 15) is 0 Å². The molecule has 3 heteroatoms. The van der Waals surface area contributed by atoms with Crippen LogP contribution in [0.3, 0.4) is 0 Å². The number of aromatic nitrogens is 1. The maximum absolute atomic E-state index is 6.33. The molecule has 0 amide bonds. The number of aromatic amines is 1. The SMILES string of the molecule is N[C@H](c1c[nH]c2ccc(Br)cc12)C1CCC1. The third kappa shape index (κ3) is 1.59. The van der Waals surface area contributed by atoms with E-state index in [1.165, 1.54) is 35.7 Å². The summed E-state index contributed by atoms with van der Waals surface area (Å²) in [5, 5.41) is 1.26. The third-order valence-electron chi connectivity index (χ3n) is 3.69. The fourth-order valence-electron chi connectivity index (χ4n) is 2.44. The number of benzene rings is 1. The summed E-state index contributed by atoms with van der Waals surface area (Å²) in [7, 11) is 0. The Kier molecular flexibility index (Phi) is 2.52. The molecule has 1 atom stereocenters. The Hall–Kier alpha value is -0.800. The normalized spacial score (nSPS) is 18.6. The lowest BCUT2D eigenvalue weighted by Gasteiger charge is -2.31. The van der Waals surface area contributed by atoms with Crippen LogP contribution in [-0.4, -0.2) is 4.98 Å². The maximum Gasteiger partial charge on any atom is 0.0458 e. The van der Waals surface area contributed by atoms with Crippen molar-refractivity contribution < 1.29 is 0 Å². The van der Waals surface area contributed by atoms with E-state index in [0.717, 1.165) is 4.47 Å². The van der Waals surface area contributed by atoms with Crippen molar-refractivity contribution in [2.24, 2.45) is 11.7 Å². The molecule has 0 bridgehead atoms. The number of nitrogens with two attached hydrogens (primary N) is 1. The number of nitrogens with one attached hydrogen (secondary N) is 1. The van der Waals surface area contributed by atoms with Gasteiger partial charge in [0.2, 0.25) is 0 Å². The first-order valence-electron chi connectivity index (χ1n) is 5.78. The van der Waals surface area contributed by atoms with E-state index in [-0.39, 0.29) is 6.04 Å². The second-order valence-electron chi connectivity index (χ2n) is 4.65. The van der Waals surface area contributed by atoms with Gasteiger partial charge in [-0.3, -0.25) is 0 Å². The minimum Gasteiger partial charge on any atom is -0.361 e. The van der Waals surface area contributed by atoms with Crippen LogP contribution in [-0.2, 0) is 0 Å². The van der Waals surface area contributed by atoms with Crippen molar-refractivity contribution in [1.82, 2.24) is 4.98 Å². The Bertz CT molecular complexity index is 514. The summed E-state index contributed by atoms with van der Waals surface area (Å²) in [4.78, 5) is 3.30. The van der Waals surface area contributed by atoms with Crippen molar-refractivity contribution in [2.75, 3.05) is 0 Å². The van der Waals surface area contributed by atoms with Crippen LogP contribution < -0.4 is 5.73 Å². The van der Waals surface area contributed by atoms with Gasteiger partial charge >= 0.3 is 0 Å². The Morgan fingerprint density at radius 1 is 1.38 bits per heavy atom. The van der Waals surface area contributed by atoms with E-state index in [1.807, 2.05) is 0 Å². The van der Waals surface area contributed by atoms with Gasteiger partial charge in [0.05, 0.1) is 0 Å². The molecule has 0 radical (unpaired) electrons. The predicted molar refractivity (Wildman–Crippen MR) is 70.3 cm³/mol. The first-order chi connectivity index (χ1) is 7.75. The van der Waals surface area contributed by atoms with Crippen molar-refractivity contribution in [1.29, 1.82) is 0 Å². The van der Waals surface area contributed by atoms with Crippen LogP contribution in [0.4, 0.5) is 0 Å². The zero-order valence-electron chi connectivity index (χ0n) is 9.04. The number of H-pyrrole nitrogens is 1. The topological polar surface area (TPSA) is 41.8 Å². The zero-order chi connectivity index (χ0) is 11.1. The molecule has 1 aromatic carbocycles. The molecule has 3 rings (SSSR count). The van der Waals surface area contributed by atoms with Crippen LogP contribution in [0.25, 0.3) is 10.9 Å². The third-order valence-corrected chi connectivity index (χ3v) is 4.19. The van der Waals surface area contributed by atoms with Gasteiger partial charge < -0.3 is 10.7 Å². The molecular formula is C13H15BrN2. The number of hydrogen-bond acceptors (Lipinski definition) is 1.